The van der Waals surface area contributed by atoms with Crippen molar-refractivity contribution in [2.75, 3.05) is 31.1 Å². The minimum Gasteiger partial charge on any atom is -0.460 e. The van der Waals surface area contributed by atoms with Gasteiger partial charge in [0.2, 0.25) is 0 Å². The number of thioether (sulfide) groups is 1. The first-order valence-corrected chi connectivity index (χ1v) is 10.8. The van der Waals surface area contributed by atoms with Crippen molar-refractivity contribution in [1.82, 2.24) is 4.90 Å². The van der Waals surface area contributed by atoms with Gasteiger partial charge in [-0.1, -0.05) is 53.8 Å². The van der Waals surface area contributed by atoms with E-state index >= 15 is 0 Å². The van der Waals surface area contributed by atoms with Crippen molar-refractivity contribution in [2.45, 2.75) is 5.75 Å². The molecule has 144 valence electrons. The standard InChI is InChI=1S/C21H19ClN2O2S2/c22-15-6-7-18-19(25)13-17(26-20(18)12-15)14-28-21(27)24-10-8-23(9-11-24)16-4-2-1-3-5-16/h1-7,12-13H,8-11,14H2. The highest BCUT2D eigenvalue weighted by Crippen LogP contribution is 2.23. The SMILES string of the molecule is O=c1cc(CSC(=S)N2CCN(c3ccccc3)CC2)oc2cc(Cl)ccc12. The summed E-state index contributed by atoms with van der Waals surface area (Å²) < 4.78 is 6.68. The molecule has 0 aliphatic carbocycles. The van der Waals surface area contributed by atoms with Crippen LogP contribution in [0.25, 0.3) is 11.0 Å². The lowest BCUT2D eigenvalue weighted by Crippen LogP contribution is -2.47. The smallest absolute Gasteiger partial charge is 0.192 e. The predicted molar refractivity (Wildman–Crippen MR) is 122 cm³/mol. The van der Waals surface area contributed by atoms with Crippen molar-refractivity contribution >= 4 is 56.6 Å². The summed E-state index contributed by atoms with van der Waals surface area (Å²) in [5.74, 6) is 1.13. The second kappa shape index (κ2) is 8.55. The Morgan fingerprint density at radius 3 is 2.57 bits per heavy atom. The number of anilines is 1. The van der Waals surface area contributed by atoms with Crippen molar-refractivity contribution in [1.29, 1.82) is 0 Å². The molecule has 1 aromatic heterocycles. The average Bonchev–Trinajstić information content (AvgIpc) is 2.72. The summed E-state index contributed by atoms with van der Waals surface area (Å²) >= 11 is 13.1. The Balaban J connectivity index is 1.36. The fourth-order valence-corrected chi connectivity index (χ4v) is 4.55. The number of halogens is 1. The third kappa shape index (κ3) is 4.35. The number of para-hydroxylation sites is 1. The summed E-state index contributed by atoms with van der Waals surface area (Å²) in [7, 11) is 0. The molecule has 2 heterocycles. The van der Waals surface area contributed by atoms with Gasteiger partial charge in [-0.15, -0.1) is 0 Å². The van der Waals surface area contributed by atoms with Crippen LogP contribution in [0.3, 0.4) is 0 Å². The van der Waals surface area contributed by atoms with Crippen LogP contribution in [-0.4, -0.2) is 35.4 Å². The van der Waals surface area contributed by atoms with Crippen molar-refractivity contribution in [2.24, 2.45) is 0 Å². The maximum atomic E-state index is 12.3. The maximum Gasteiger partial charge on any atom is 0.192 e. The molecule has 4 nitrogen and oxygen atoms in total. The van der Waals surface area contributed by atoms with Crippen LogP contribution in [0.4, 0.5) is 5.69 Å². The second-order valence-electron chi connectivity index (χ2n) is 6.58. The van der Waals surface area contributed by atoms with E-state index in [9.17, 15) is 4.79 Å². The fraction of sp³-hybridized carbons (Fsp3) is 0.238. The molecular weight excluding hydrogens is 412 g/mol. The molecule has 28 heavy (non-hydrogen) atoms. The highest BCUT2D eigenvalue weighted by Gasteiger charge is 2.19. The van der Waals surface area contributed by atoms with Gasteiger partial charge in [-0.25, -0.2) is 0 Å². The predicted octanol–water partition coefficient (Wildman–Crippen LogP) is 4.79. The van der Waals surface area contributed by atoms with Crippen LogP contribution in [0.1, 0.15) is 5.76 Å². The van der Waals surface area contributed by atoms with Gasteiger partial charge in [0.15, 0.2) is 5.43 Å². The van der Waals surface area contributed by atoms with Crippen LogP contribution in [0.15, 0.2) is 63.8 Å². The van der Waals surface area contributed by atoms with Gasteiger partial charge in [0, 0.05) is 49.0 Å². The average molecular weight is 431 g/mol. The number of benzene rings is 2. The summed E-state index contributed by atoms with van der Waals surface area (Å²) in [6.07, 6.45) is 0. The number of thiocarbonyl (C=S) groups is 1. The first-order valence-electron chi connectivity index (χ1n) is 9.04. The first kappa shape index (κ1) is 19.3. The largest absolute Gasteiger partial charge is 0.460 e. The molecule has 1 aliphatic rings. The Hall–Kier alpha value is -2.02. The van der Waals surface area contributed by atoms with Crippen LogP contribution < -0.4 is 10.3 Å². The number of rotatable bonds is 3. The number of fused-ring (bicyclic) bond motifs is 1. The molecule has 3 aromatic rings. The number of piperazine rings is 1. The molecule has 0 bridgehead atoms. The van der Waals surface area contributed by atoms with E-state index in [1.54, 1.807) is 24.3 Å². The fourth-order valence-electron chi connectivity index (χ4n) is 3.26. The lowest BCUT2D eigenvalue weighted by molar-refractivity contribution is 0.397. The zero-order valence-corrected chi connectivity index (χ0v) is 17.5. The summed E-state index contributed by atoms with van der Waals surface area (Å²) in [6, 6.07) is 17.0. The third-order valence-electron chi connectivity index (χ3n) is 4.74. The van der Waals surface area contributed by atoms with Crippen LogP contribution in [0, 0.1) is 0 Å². The van der Waals surface area contributed by atoms with Crippen molar-refractivity contribution in [3.05, 3.63) is 75.6 Å². The number of nitrogens with zero attached hydrogens (tertiary/aromatic N) is 2. The van der Waals surface area contributed by atoms with E-state index < -0.39 is 0 Å². The molecule has 1 aliphatic heterocycles. The van der Waals surface area contributed by atoms with Gasteiger partial charge in [0.1, 0.15) is 15.7 Å². The Bertz CT molecular complexity index is 1050. The zero-order valence-electron chi connectivity index (χ0n) is 15.1. The molecule has 4 rings (SSSR count). The van der Waals surface area contributed by atoms with Gasteiger partial charge in [-0.3, -0.25) is 4.79 Å². The van der Waals surface area contributed by atoms with E-state index in [4.69, 9.17) is 28.2 Å². The molecule has 0 unspecified atom stereocenters. The summed E-state index contributed by atoms with van der Waals surface area (Å²) in [5, 5.41) is 1.09. The molecule has 0 atom stereocenters. The van der Waals surface area contributed by atoms with Gasteiger partial charge in [0.05, 0.1) is 11.1 Å². The molecule has 0 N–H and O–H groups in total. The van der Waals surface area contributed by atoms with Crippen molar-refractivity contribution in [3.8, 4) is 0 Å². The number of hydrogen-bond donors (Lipinski definition) is 0. The van der Waals surface area contributed by atoms with Gasteiger partial charge < -0.3 is 14.2 Å². The Morgan fingerprint density at radius 1 is 1.07 bits per heavy atom. The molecule has 1 saturated heterocycles. The summed E-state index contributed by atoms with van der Waals surface area (Å²) in [4.78, 5) is 16.9. The van der Waals surface area contributed by atoms with Gasteiger partial charge in [-0.2, -0.15) is 0 Å². The topological polar surface area (TPSA) is 36.7 Å². The zero-order chi connectivity index (χ0) is 19.5. The van der Waals surface area contributed by atoms with Gasteiger partial charge >= 0.3 is 0 Å². The summed E-state index contributed by atoms with van der Waals surface area (Å²) in [5.41, 5.74) is 1.70. The Labute approximate surface area is 178 Å². The van der Waals surface area contributed by atoms with E-state index in [0.29, 0.717) is 27.5 Å². The van der Waals surface area contributed by atoms with Crippen molar-refractivity contribution < 1.29 is 4.42 Å². The molecule has 0 amide bonds. The van der Waals surface area contributed by atoms with E-state index in [-0.39, 0.29) is 5.43 Å². The highest BCUT2D eigenvalue weighted by atomic mass is 35.5. The maximum absolute atomic E-state index is 12.3. The monoisotopic (exact) mass is 430 g/mol. The molecule has 0 radical (unpaired) electrons. The second-order valence-corrected chi connectivity index (χ2v) is 8.63. The molecule has 0 saturated carbocycles. The molecule has 0 spiro atoms. The molecule has 1 fully saturated rings. The van der Waals surface area contributed by atoms with Crippen LogP contribution in [-0.2, 0) is 5.75 Å². The van der Waals surface area contributed by atoms with Gasteiger partial charge in [0.25, 0.3) is 0 Å². The minimum atomic E-state index is -0.0593. The van der Waals surface area contributed by atoms with E-state index in [1.807, 2.05) is 6.07 Å². The highest BCUT2D eigenvalue weighted by molar-refractivity contribution is 8.22. The quantitative estimate of drug-likeness (QED) is 0.556. The van der Waals surface area contributed by atoms with E-state index in [1.165, 1.54) is 17.4 Å². The minimum absolute atomic E-state index is 0.0593. The number of hydrogen-bond acceptors (Lipinski definition) is 5. The summed E-state index contributed by atoms with van der Waals surface area (Å²) in [6.45, 7) is 3.65. The lowest BCUT2D eigenvalue weighted by Gasteiger charge is -2.37. The van der Waals surface area contributed by atoms with E-state index in [2.05, 4.69) is 34.1 Å². The van der Waals surface area contributed by atoms with Crippen LogP contribution in [0.2, 0.25) is 5.02 Å². The lowest BCUT2D eigenvalue weighted by atomic mass is 10.2. The molecule has 2 aromatic carbocycles. The first-order chi connectivity index (χ1) is 13.6. The van der Waals surface area contributed by atoms with Crippen LogP contribution in [0.5, 0.6) is 0 Å². The Morgan fingerprint density at radius 2 is 1.82 bits per heavy atom. The third-order valence-corrected chi connectivity index (χ3v) is 6.52. The van der Waals surface area contributed by atoms with Crippen molar-refractivity contribution in [3.63, 3.8) is 0 Å². The van der Waals surface area contributed by atoms with E-state index in [0.717, 1.165) is 30.5 Å². The Kier molecular flexibility index (Phi) is 5.90. The molecular formula is C21H19ClN2O2S2. The van der Waals surface area contributed by atoms with Gasteiger partial charge in [-0.05, 0) is 24.3 Å². The normalized spacial score (nSPS) is 14.5. The molecule has 7 heteroatoms. The van der Waals surface area contributed by atoms with Crippen LogP contribution >= 0.6 is 35.6 Å².